The summed E-state index contributed by atoms with van der Waals surface area (Å²) in [5.41, 5.74) is 5.71. The Balaban J connectivity index is 1.51. The first-order chi connectivity index (χ1) is 14.7. The van der Waals surface area contributed by atoms with Crippen LogP contribution in [0.2, 0.25) is 0 Å². The molecule has 1 aromatic heterocycles. The molecule has 0 aliphatic heterocycles. The van der Waals surface area contributed by atoms with Gasteiger partial charge in [-0.3, -0.25) is 0 Å². The van der Waals surface area contributed by atoms with E-state index in [2.05, 4.69) is 92.7 Å². The van der Waals surface area contributed by atoms with Crippen molar-refractivity contribution in [3.05, 3.63) is 96.6 Å². The Hall–Kier alpha value is -3.58. The molecule has 1 nitrogen and oxygen atoms in total. The lowest BCUT2D eigenvalue weighted by Gasteiger charge is -2.10. The molecule has 1 heteroatoms. The summed E-state index contributed by atoms with van der Waals surface area (Å²) in [6, 6.07) is 32.9. The molecule has 144 valence electrons. The first-order valence-electron chi connectivity index (χ1n) is 10.6. The van der Waals surface area contributed by atoms with Crippen LogP contribution in [0.15, 0.2) is 95.4 Å². The van der Waals surface area contributed by atoms with E-state index in [0.29, 0.717) is 5.92 Å². The molecule has 30 heavy (non-hydrogen) atoms. The average Bonchev–Trinajstić information content (AvgIpc) is 3.16. The molecule has 0 atom stereocenters. The molecule has 0 radical (unpaired) electrons. The van der Waals surface area contributed by atoms with Crippen LogP contribution in [-0.4, -0.2) is 0 Å². The van der Waals surface area contributed by atoms with Crippen molar-refractivity contribution in [3.63, 3.8) is 0 Å². The average molecular weight is 386 g/mol. The number of furan rings is 1. The van der Waals surface area contributed by atoms with Gasteiger partial charge in [-0.15, -0.1) is 0 Å². The van der Waals surface area contributed by atoms with Crippen LogP contribution in [0.3, 0.4) is 0 Å². The van der Waals surface area contributed by atoms with Crippen LogP contribution >= 0.6 is 0 Å². The summed E-state index contributed by atoms with van der Waals surface area (Å²) in [6.45, 7) is 4.49. The molecule has 0 saturated carbocycles. The Kier molecular flexibility index (Phi) is 3.73. The standard InChI is InChI=1S/C29H22O/c1-18(2)19-9-12-24-22(15-19)7-8-23-16-20(10-13-25(23)24)21-11-14-29-27(17-21)26-5-3-4-6-28(26)30-29/h3-18H,1-2H3. The van der Waals surface area contributed by atoms with Gasteiger partial charge in [-0.1, -0.05) is 80.6 Å². The Labute approximate surface area is 175 Å². The number of fused-ring (bicyclic) bond motifs is 6. The van der Waals surface area contributed by atoms with Gasteiger partial charge in [-0.2, -0.15) is 0 Å². The molecular weight excluding hydrogens is 364 g/mol. The lowest BCUT2D eigenvalue weighted by Crippen LogP contribution is -1.87. The fourth-order valence-corrected chi connectivity index (χ4v) is 4.53. The quantitative estimate of drug-likeness (QED) is 0.271. The van der Waals surface area contributed by atoms with Gasteiger partial charge in [0.1, 0.15) is 11.2 Å². The number of hydrogen-bond acceptors (Lipinski definition) is 1. The van der Waals surface area contributed by atoms with E-state index < -0.39 is 0 Å². The lowest BCUT2D eigenvalue weighted by molar-refractivity contribution is 0.669. The van der Waals surface area contributed by atoms with Crippen molar-refractivity contribution in [3.8, 4) is 11.1 Å². The third-order valence-corrected chi connectivity index (χ3v) is 6.24. The van der Waals surface area contributed by atoms with Gasteiger partial charge in [-0.05, 0) is 68.4 Å². The van der Waals surface area contributed by atoms with E-state index in [4.69, 9.17) is 4.42 Å². The first kappa shape index (κ1) is 17.3. The highest BCUT2D eigenvalue weighted by atomic mass is 16.3. The van der Waals surface area contributed by atoms with Gasteiger partial charge in [0.05, 0.1) is 0 Å². The Bertz CT molecular complexity index is 1570. The summed E-state index contributed by atoms with van der Waals surface area (Å²) in [6.07, 6.45) is 0. The summed E-state index contributed by atoms with van der Waals surface area (Å²) in [7, 11) is 0. The van der Waals surface area contributed by atoms with Gasteiger partial charge in [-0.25, -0.2) is 0 Å². The smallest absolute Gasteiger partial charge is 0.135 e. The van der Waals surface area contributed by atoms with E-state index in [0.717, 1.165) is 11.2 Å². The minimum absolute atomic E-state index is 0.543. The van der Waals surface area contributed by atoms with E-state index in [1.54, 1.807) is 0 Å². The molecule has 0 aliphatic carbocycles. The zero-order valence-electron chi connectivity index (χ0n) is 17.1. The van der Waals surface area contributed by atoms with Crippen molar-refractivity contribution in [1.29, 1.82) is 0 Å². The Morgan fingerprint density at radius 2 is 1.20 bits per heavy atom. The monoisotopic (exact) mass is 386 g/mol. The molecule has 0 unspecified atom stereocenters. The predicted molar refractivity (Wildman–Crippen MR) is 128 cm³/mol. The molecule has 1 heterocycles. The molecule has 6 aromatic rings. The third-order valence-electron chi connectivity index (χ3n) is 6.24. The van der Waals surface area contributed by atoms with Crippen molar-refractivity contribution in [2.24, 2.45) is 0 Å². The van der Waals surface area contributed by atoms with E-state index in [1.165, 1.54) is 49.0 Å². The molecule has 0 N–H and O–H groups in total. The highest BCUT2D eigenvalue weighted by Gasteiger charge is 2.09. The molecule has 0 amide bonds. The van der Waals surface area contributed by atoms with Gasteiger partial charge in [0, 0.05) is 10.8 Å². The van der Waals surface area contributed by atoms with Crippen molar-refractivity contribution in [2.45, 2.75) is 19.8 Å². The summed E-state index contributed by atoms with van der Waals surface area (Å²) in [4.78, 5) is 0. The van der Waals surface area contributed by atoms with Crippen LogP contribution in [0.25, 0.3) is 54.6 Å². The van der Waals surface area contributed by atoms with Crippen LogP contribution < -0.4 is 0 Å². The zero-order valence-corrected chi connectivity index (χ0v) is 17.1. The first-order valence-corrected chi connectivity index (χ1v) is 10.6. The van der Waals surface area contributed by atoms with Crippen LogP contribution in [0, 0.1) is 0 Å². The van der Waals surface area contributed by atoms with E-state index in [-0.39, 0.29) is 0 Å². The number of benzene rings is 5. The van der Waals surface area contributed by atoms with Crippen LogP contribution in [0.4, 0.5) is 0 Å². The van der Waals surface area contributed by atoms with E-state index in [9.17, 15) is 0 Å². The van der Waals surface area contributed by atoms with Gasteiger partial charge < -0.3 is 4.42 Å². The minimum atomic E-state index is 0.543. The fraction of sp³-hybridized carbons (Fsp3) is 0.103. The number of hydrogen-bond donors (Lipinski definition) is 0. The minimum Gasteiger partial charge on any atom is -0.456 e. The Morgan fingerprint density at radius 1 is 0.533 bits per heavy atom. The van der Waals surface area contributed by atoms with Gasteiger partial charge >= 0.3 is 0 Å². The van der Waals surface area contributed by atoms with Crippen molar-refractivity contribution >= 4 is 43.5 Å². The second-order valence-electron chi connectivity index (χ2n) is 8.45. The fourth-order valence-electron chi connectivity index (χ4n) is 4.53. The summed E-state index contributed by atoms with van der Waals surface area (Å²) in [5.74, 6) is 0.543. The topological polar surface area (TPSA) is 13.1 Å². The van der Waals surface area contributed by atoms with Crippen LogP contribution in [0.1, 0.15) is 25.3 Å². The third kappa shape index (κ3) is 2.63. The van der Waals surface area contributed by atoms with Crippen molar-refractivity contribution in [1.82, 2.24) is 0 Å². The highest BCUT2D eigenvalue weighted by molar-refractivity contribution is 6.09. The number of para-hydroxylation sites is 1. The second kappa shape index (κ2) is 6.47. The lowest BCUT2D eigenvalue weighted by atomic mass is 9.94. The highest BCUT2D eigenvalue weighted by Crippen LogP contribution is 2.35. The molecule has 0 saturated heterocycles. The van der Waals surface area contributed by atoms with Crippen molar-refractivity contribution in [2.75, 3.05) is 0 Å². The molecule has 0 bridgehead atoms. The molecule has 6 rings (SSSR count). The second-order valence-corrected chi connectivity index (χ2v) is 8.45. The van der Waals surface area contributed by atoms with Gasteiger partial charge in [0.25, 0.3) is 0 Å². The predicted octanol–water partition coefficient (Wildman–Crippen LogP) is 8.68. The van der Waals surface area contributed by atoms with Crippen LogP contribution in [0.5, 0.6) is 0 Å². The normalized spacial score (nSPS) is 12.0. The van der Waals surface area contributed by atoms with E-state index in [1.807, 2.05) is 12.1 Å². The Morgan fingerprint density at radius 3 is 2.03 bits per heavy atom. The number of rotatable bonds is 2. The molecule has 0 fully saturated rings. The van der Waals surface area contributed by atoms with E-state index >= 15 is 0 Å². The summed E-state index contributed by atoms with van der Waals surface area (Å²) in [5, 5.41) is 7.55. The molecule has 5 aromatic carbocycles. The maximum absolute atomic E-state index is 5.99. The SMILES string of the molecule is CC(C)c1ccc2c(ccc3cc(-c4ccc5oc6ccccc6c5c4)ccc32)c1. The molecular formula is C29H22O. The molecule has 0 aliphatic rings. The maximum atomic E-state index is 5.99. The largest absolute Gasteiger partial charge is 0.456 e. The summed E-state index contributed by atoms with van der Waals surface area (Å²) < 4.78 is 5.99. The van der Waals surface area contributed by atoms with Crippen LogP contribution in [-0.2, 0) is 0 Å². The van der Waals surface area contributed by atoms with Crippen molar-refractivity contribution < 1.29 is 4.42 Å². The zero-order chi connectivity index (χ0) is 20.2. The van der Waals surface area contributed by atoms with Gasteiger partial charge in [0.2, 0.25) is 0 Å². The maximum Gasteiger partial charge on any atom is 0.135 e. The molecule has 0 spiro atoms. The van der Waals surface area contributed by atoms with Gasteiger partial charge in [0.15, 0.2) is 0 Å². The summed E-state index contributed by atoms with van der Waals surface area (Å²) >= 11 is 0.